The van der Waals surface area contributed by atoms with Crippen LogP contribution in [0.4, 0.5) is 4.39 Å². The molecule has 1 fully saturated rings. The highest BCUT2D eigenvalue weighted by Gasteiger charge is 2.38. The molecule has 2 heterocycles. The number of carbonyl (C=O) groups excluding carboxylic acids is 5. The Morgan fingerprint density at radius 3 is 2.33 bits per heavy atom. The Labute approximate surface area is 348 Å². The minimum atomic E-state index is -0.863. The summed E-state index contributed by atoms with van der Waals surface area (Å²) in [6.45, 7) is 14.5. The van der Waals surface area contributed by atoms with Crippen molar-refractivity contribution in [2.75, 3.05) is 20.1 Å². The van der Waals surface area contributed by atoms with Crippen molar-refractivity contribution < 1.29 is 33.1 Å². The van der Waals surface area contributed by atoms with Gasteiger partial charge in [-0.25, -0.2) is 15.2 Å². The van der Waals surface area contributed by atoms with E-state index >= 15 is 0 Å². The van der Waals surface area contributed by atoms with Gasteiger partial charge in [-0.1, -0.05) is 85.8 Å². The molecule has 13 nitrogen and oxygen atoms in total. The molecule has 0 bridgehead atoms. The molecule has 0 spiro atoms. The summed E-state index contributed by atoms with van der Waals surface area (Å²) in [6.07, 6.45) is 7.17. The van der Waals surface area contributed by atoms with Gasteiger partial charge < -0.3 is 20.3 Å². The van der Waals surface area contributed by atoms with Crippen molar-refractivity contribution in [1.29, 1.82) is 0 Å². The lowest BCUT2D eigenvalue weighted by Gasteiger charge is -2.40. The van der Waals surface area contributed by atoms with E-state index in [9.17, 15) is 28.4 Å². The number of nitrogens with one attached hydrogen (secondary N) is 3. The molecule has 4 amide bonds. The lowest BCUT2D eigenvalue weighted by Crippen LogP contribution is -2.59. The van der Waals surface area contributed by atoms with Gasteiger partial charge in [-0.2, -0.15) is 0 Å². The van der Waals surface area contributed by atoms with Gasteiger partial charge in [-0.15, -0.1) is 11.3 Å². The van der Waals surface area contributed by atoms with Crippen LogP contribution < -0.4 is 21.9 Å². The van der Waals surface area contributed by atoms with Crippen molar-refractivity contribution in [2.45, 2.75) is 149 Å². The van der Waals surface area contributed by atoms with Crippen LogP contribution in [-0.2, 0) is 30.3 Å². The molecule has 15 heteroatoms. The molecule has 5 N–H and O–H groups in total. The van der Waals surface area contributed by atoms with Gasteiger partial charge in [0, 0.05) is 43.3 Å². The monoisotopic (exact) mass is 829 g/mol. The number of amides is 4. The first-order chi connectivity index (χ1) is 27.6. The van der Waals surface area contributed by atoms with Crippen molar-refractivity contribution in [1.82, 2.24) is 30.8 Å². The fraction of sp³-hybridized carbons (Fsp3) is 0.674. The first-order valence-electron chi connectivity index (χ1n) is 21.1. The fourth-order valence-electron chi connectivity index (χ4n) is 7.62. The second kappa shape index (κ2) is 24.2. The molecule has 1 aliphatic heterocycles. The van der Waals surface area contributed by atoms with Gasteiger partial charge in [-0.3, -0.25) is 34.3 Å². The second-order valence-corrected chi connectivity index (χ2v) is 17.2. The number of piperidine rings is 1. The number of hydrogen-bond donors (Lipinski definition) is 4. The normalized spacial score (nSPS) is 17.7. The van der Waals surface area contributed by atoms with E-state index in [2.05, 4.69) is 32.9 Å². The fourth-order valence-corrected chi connectivity index (χ4v) is 8.46. The van der Waals surface area contributed by atoms with E-state index in [-0.39, 0.29) is 60.0 Å². The minimum absolute atomic E-state index is 0.0615. The zero-order valence-electron chi connectivity index (χ0n) is 35.9. The molecule has 1 aromatic carbocycles. The van der Waals surface area contributed by atoms with E-state index in [1.807, 2.05) is 39.6 Å². The summed E-state index contributed by atoms with van der Waals surface area (Å²) in [5.41, 5.74) is 3.03. The van der Waals surface area contributed by atoms with Crippen molar-refractivity contribution >= 4 is 40.9 Å². The number of likely N-dealkylation sites (tertiary alicyclic amines) is 1. The lowest BCUT2D eigenvalue weighted by atomic mass is 9.91. The molecule has 0 aliphatic carbocycles. The number of esters is 1. The highest BCUT2D eigenvalue weighted by atomic mass is 32.1. The third kappa shape index (κ3) is 14.7. The van der Waals surface area contributed by atoms with E-state index in [1.165, 1.54) is 30.4 Å². The topological polar surface area (TPSA) is 176 Å². The van der Waals surface area contributed by atoms with E-state index in [0.717, 1.165) is 57.1 Å². The number of hydrazine groups is 1. The van der Waals surface area contributed by atoms with Crippen LogP contribution in [0.5, 0.6) is 0 Å². The largest absolute Gasteiger partial charge is 0.455 e. The summed E-state index contributed by atoms with van der Waals surface area (Å²) in [6, 6.07) is 4.01. The molecule has 0 radical (unpaired) electrons. The van der Waals surface area contributed by atoms with Gasteiger partial charge >= 0.3 is 5.97 Å². The number of benzene rings is 1. The van der Waals surface area contributed by atoms with Crippen LogP contribution in [0, 0.1) is 23.6 Å². The van der Waals surface area contributed by atoms with Crippen LogP contribution in [0.1, 0.15) is 140 Å². The first-order valence-corrected chi connectivity index (χ1v) is 22.0. The Bertz CT molecular complexity index is 1620. The predicted octanol–water partition coefficient (Wildman–Crippen LogP) is 6.08. The van der Waals surface area contributed by atoms with Gasteiger partial charge in [0.2, 0.25) is 17.7 Å². The molecule has 1 saturated heterocycles. The minimum Gasteiger partial charge on any atom is -0.455 e. The van der Waals surface area contributed by atoms with E-state index in [0.29, 0.717) is 24.4 Å². The number of ether oxygens (including phenoxy) is 1. The molecule has 2 aromatic rings. The van der Waals surface area contributed by atoms with Crippen molar-refractivity contribution in [3.05, 3.63) is 51.7 Å². The van der Waals surface area contributed by atoms with E-state index < -0.39 is 42.0 Å². The predicted molar refractivity (Wildman–Crippen MR) is 225 cm³/mol. The first kappa shape index (κ1) is 48.4. The number of halogens is 1. The Hall–Kier alpha value is -3.95. The second-order valence-electron chi connectivity index (χ2n) is 16.3. The maximum atomic E-state index is 14.8. The Balaban J connectivity index is 1.93. The lowest BCUT2D eigenvalue weighted by molar-refractivity contribution is -0.149. The highest BCUT2D eigenvalue weighted by Crippen LogP contribution is 2.32. The molecular weight excluding hydrogens is 762 g/mol. The average molecular weight is 830 g/mol. The highest BCUT2D eigenvalue weighted by molar-refractivity contribution is 7.09. The average Bonchev–Trinajstić information content (AvgIpc) is 3.69. The van der Waals surface area contributed by atoms with Gasteiger partial charge in [0.15, 0.2) is 6.10 Å². The van der Waals surface area contributed by atoms with Crippen molar-refractivity contribution in [3.8, 4) is 0 Å². The van der Waals surface area contributed by atoms with Crippen LogP contribution in [0.3, 0.4) is 0 Å². The maximum Gasteiger partial charge on any atom is 0.303 e. The number of likely N-dealkylation sites (N-methyl/N-ethyl adjacent to an activating group) is 1. The number of thiazole rings is 1. The van der Waals surface area contributed by atoms with E-state index in [4.69, 9.17) is 10.6 Å². The molecule has 3 rings (SSSR count). The van der Waals surface area contributed by atoms with Crippen LogP contribution in [0.15, 0.2) is 29.6 Å². The molecule has 1 aromatic heterocycles. The number of nitrogens with zero attached hydrogens (tertiary/aromatic N) is 3. The zero-order valence-corrected chi connectivity index (χ0v) is 36.7. The summed E-state index contributed by atoms with van der Waals surface area (Å²) < 4.78 is 19.6. The van der Waals surface area contributed by atoms with Gasteiger partial charge in [-0.05, 0) is 75.2 Å². The van der Waals surface area contributed by atoms with Crippen molar-refractivity contribution in [3.63, 3.8) is 0 Å². The Kier molecular flexibility index (Phi) is 20.2. The summed E-state index contributed by atoms with van der Waals surface area (Å²) in [4.78, 5) is 75.8. The molecule has 1 aliphatic rings. The third-order valence-electron chi connectivity index (χ3n) is 11.3. The number of aromatic nitrogens is 1. The molecule has 7 atom stereocenters. The van der Waals surface area contributed by atoms with Crippen LogP contribution in [0.2, 0.25) is 0 Å². The molecule has 0 saturated carbocycles. The smallest absolute Gasteiger partial charge is 0.303 e. The summed E-state index contributed by atoms with van der Waals surface area (Å²) in [5, 5.41) is 8.16. The van der Waals surface area contributed by atoms with Crippen LogP contribution >= 0.6 is 11.3 Å². The summed E-state index contributed by atoms with van der Waals surface area (Å²) >= 11 is 1.18. The summed E-state index contributed by atoms with van der Waals surface area (Å²) in [5.74, 6) is 2.60. The maximum absolute atomic E-state index is 14.8. The number of rotatable bonds is 23. The third-order valence-corrected chi connectivity index (χ3v) is 12.2. The Morgan fingerprint density at radius 2 is 1.72 bits per heavy atom. The number of nitrogens with two attached hydrogens (primary N) is 1. The quantitative estimate of drug-likeness (QED) is 0.0340. The molecule has 58 heavy (non-hydrogen) atoms. The van der Waals surface area contributed by atoms with Crippen LogP contribution in [0.25, 0.3) is 0 Å². The number of hydrogen-bond acceptors (Lipinski definition) is 10. The summed E-state index contributed by atoms with van der Waals surface area (Å²) in [7, 11) is 1.96. The van der Waals surface area contributed by atoms with Gasteiger partial charge in [0.25, 0.3) is 5.91 Å². The van der Waals surface area contributed by atoms with E-state index in [1.54, 1.807) is 24.4 Å². The van der Waals surface area contributed by atoms with Gasteiger partial charge in [0.05, 0.1) is 6.04 Å². The number of carbonyl (C=O) groups is 5. The van der Waals surface area contributed by atoms with Gasteiger partial charge in [0.1, 0.15) is 22.6 Å². The number of unbranched alkanes of at least 4 members (excludes halogenated alkanes) is 3. The molecule has 324 valence electrons. The SMILES string of the molecule is CCCCCCN(C(=O)[C@@H](NC(=O)[C@H]1CCCCN1C)[C@@H](C)CC)[C@H](C[C@@H](OC(C)=O)c1nc(C(=O)N[C@@H](Cc2ccc(F)cc2)C[C@H](C)C(=O)NN)cs1)C(C)C. The van der Waals surface area contributed by atoms with Crippen molar-refractivity contribution in [2.24, 2.45) is 23.6 Å². The molecule has 0 unspecified atom stereocenters. The standard InChI is InChI=1S/C43H68FN7O6S/c1-9-11-12-14-22-51(43(56)38(28(5)10-2)48-41(55)35-16-13-15-21-50(35)8)36(27(3)4)25-37(57-30(7)52)42-47-34(26-58-42)40(54)46-33(23-29(6)39(53)49-45)24-31-17-19-32(44)20-18-31/h17-20,26-29,33,35-38H,9-16,21-25,45H2,1-8H3,(H,46,54)(H,48,55)(H,49,53)/t28-,29-,33+,35+,36+,37+,38-/m0/s1. The zero-order chi connectivity index (χ0) is 42.9. The molecular formula is C43H68FN7O6S. The Morgan fingerprint density at radius 1 is 1.02 bits per heavy atom. The van der Waals surface area contributed by atoms with Crippen LogP contribution in [-0.4, -0.2) is 88.7 Å².